The van der Waals surface area contributed by atoms with E-state index in [-0.39, 0.29) is 5.11 Å². The van der Waals surface area contributed by atoms with Gasteiger partial charge >= 0.3 is 0 Å². The van der Waals surface area contributed by atoms with Crippen LogP contribution in [0.5, 0.6) is 11.5 Å². The third-order valence-corrected chi connectivity index (χ3v) is 4.10. The highest BCUT2D eigenvalue weighted by Crippen LogP contribution is 2.20. The van der Waals surface area contributed by atoms with Crippen LogP contribution in [0.15, 0.2) is 60.8 Å². The van der Waals surface area contributed by atoms with Crippen molar-refractivity contribution in [1.29, 1.82) is 0 Å². The molecule has 0 spiro atoms. The van der Waals surface area contributed by atoms with E-state index in [1.807, 2.05) is 54.6 Å². The van der Waals surface area contributed by atoms with Gasteiger partial charge in [-0.3, -0.25) is 4.98 Å². The van der Waals surface area contributed by atoms with Crippen LogP contribution >= 0.6 is 12.2 Å². The van der Waals surface area contributed by atoms with Gasteiger partial charge in [-0.1, -0.05) is 12.1 Å². The van der Waals surface area contributed by atoms with Crippen molar-refractivity contribution in [1.82, 2.24) is 4.98 Å². The molecule has 1 heterocycles. The molecular weight excluding hydrogens is 358 g/mol. The maximum absolute atomic E-state index is 5.83. The van der Waals surface area contributed by atoms with Gasteiger partial charge in [0.1, 0.15) is 11.5 Å². The van der Waals surface area contributed by atoms with Gasteiger partial charge in [0.2, 0.25) is 0 Å². The summed E-state index contributed by atoms with van der Waals surface area (Å²) in [5.41, 5.74) is 7.29. The van der Waals surface area contributed by atoms with E-state index in [4.69, 9.17) is 27.4 Å². The quantitative estimate of drug-likeness (QED) is 0.420. The number of aromatic nitrogens is 1. The number of fused-ring (bicyclic) bond motifs is 1. The molecule has 27 heavy (non-hydrogen) atoms. The van der Waals surface area contributed by atoms with E-state index in [0.717, 1.165) is 47.4 Å². The first-order valence-corrected chi connectivity index (χ1v) is 9.38. The Morgan fingerprint density at radius 2 is 1.70 bits per heavy atom. The lowest BCUT2D eigenvalue weighted by Gasteiger charge is -2.09. The summed E-state index contributed by atoms with van der Waals surface area (Å²) in [5.74, 6) is 1.69. The second-order valence-electron chi connectivity index (χ2n) is 6.13. The molecule has 0 saturated carbocycles. The second kappa shape index (κ2) is 9.73. The molecule has 0 fully saturated rings. The summed E-state index contributed by atoms with van der Waals surface area (Å²) in [7, 11) is 0. The third-order valence-electron chi connectivity index (χ3n) is 4.00. The van der Waals surface area contributed by atoms with Gasteiger partial charge in [-0.25, -0.2) is 0 Å². The molecule has 3 rings (SSSR count). The summed E-state index contributed by atoms with van der Waals surface area (Å²) in [4.78, 5) is 4.31. The number of rotatable bonds is 9. The molecule has 3 aromatic rings. The average molecular weight is 382 g/mol. The molecule has 3 N–H and O–H groups in total. The van der Waals surface area contributed by atoms with Crippen molar-refractivity contribution in [3.63, 3.8) is 0 Å². The number of pyridine rings is 1. The molecule has 0 aliphatic rings. The Bertz CT molecular complexity index is 901. The Labute approximate surface area is 164 Å². The van der Waals surface area contributed by atoms with Crippen molar-refractivity contribution in [3.05, 3.63) is 60.8 Å². The first-order valence-electron chi connectivity index (χ1n) is 8.97. The number of nitrogens with one attached hydrogen (secondary N) is 1. The standard InChI is InChI=1S/C21H23N3O2S/c22-21(27)24-17-7-4-8-18(15-17)25-12-2-1-3-13-26-19-9-10-20-16(14-19)6-5-11-23-20/h4-11,14-15H,1-3,12-13H2,(H3,22,24,27). The van der Waals surface area contributed by atoms with Gasteiger partial charge in [0.05, 0.1) is 18.7 Å². The largest absolute Gasteiger partial charge is 0.494 e. The van der Waals surface area contributed by atoms with Gasteiger partial charge in [-0.2, -0.15) is 0 Å². The number of ether oxygens (including phenoxy) is 2. The maximum Gasteiger partial charge on any atom is 0.168 e. The minimum absolute atomic E-state index is 0.245. The molecule has 0 atom stereocenters. The summed E-state index contributed by atoms with van der Waals surface area (Å²) in [5, 5.41) is 4.24. The van der Waals surface area contributed by atoms with Gasteiger partial charge in [0.25, 0.3) is 0 Å². The summed E-state index contributed by atoms with van der Waals surface area (Å²) < 4.78 is 11.6. The normalized spacial score (nSPS) is 10.5. The van der Waals surface area contributed by atoms with Crippen molar-refractivity contribution in [2.45, 2.75) is 19.3 Å². The minimum atomic E-state index is 0.245. The fraction of sp³-hybridized carbons (Fsp3) is 0.238. The van der Waals surface area contributed by atoms with Gasteiger partial charge in [-0.05, 0) is 67.9 Å². The summed E-state index contributed by atoms with van der Waals surface area (Å²) >= 11 is 4.84. The van der Waals surface area contributed by atoms with Crippen LogP contribution in [-0.2, 0) is 0 Å². The Kier molecular flexibility index (Phi) is 6.82. The monoisotopic (exact) mass is 381 g/mol. The highest BCUT2D eigenvalue weighted by molar-refractivity contribution is 7.80. The topological polar surface area (TPSA) is 69.4 Å². The van der Waals surface area contributed by atoms with Crippen molar-refractivity contribution in [2.75, 3.05) is 18.5 Å². The first-order chi connectivity index (χ1) is 13.2. The summed E-state index contributed by atoms with van der Waals surface area (Å²) in [6.07, 6.45) is 4.79. The minimum Gasteiger partial charge on any atom is -0.494 e. The first kappa shape index (κ1) is 18.9. The van der Waals surface area contributed by atoms with E-state index in [0.29, 0.717) is 13.2 Å². The molecule has 0 radical (unpaired) electrons. The molecule has 140 valence electrons. The number of anilines is 1. The van der Waals surface area contributed by atoms with Crippen LogP contribution in [-0.4, -0.2) is 23.3 Å². The zero-order chi connectivity index (χ0) is 18.9. The van der Waals surface area contributed by atoms with E-state index in [1.165, 1.54) is 0 Å². The molecule has 2 aromatic carbocycles. The van der Waals surface area contributed by atoms with E-state index >= 15 is 0 Å². The highest BCUT2D eigenvalue weighted by Gasteiger charge is 2.00. The van der Waals surface area contributed by atoms with Crippen LogP contribution in [0.2, 0.25) is 0 Å². The molecule has 0 bridgehead atoms. The SMILES string of the molecule is NC(=S)Nc1cccc(OCCCCCOc2ccc3ncccc3c2)c1. The fourth-order valence-corrected chi connectivity index (χ4v) is 2.83. The van der Waals surface area contributed by atoms with E-state index < -0.39 is 0 Å². The predicted octanol–water partition coefficient (Wildman–Crippen LogP) is 4.52. The van der Waals surface area contributed by atoms with Crippen molar-refractivity contribution in [2.24, 2.45) is 5.73 Å². The molecule has 0 saturated heterocycles. The van der Waals surface area contributed by atoms with Crippen molar-refractivity contribution >= 4 is 33.9 Å². The van der Waals surface area contributed by atoms with Crippen LogP contribution in [0, 0.1) is 0 Å². The number of nitrogens with two attached hydrogens (primary N) is 1. The van der Waals surface area contributed by atoms with E-state index in [1.54, 1.807) is 6.20 Å². The Morgan fingerprint density at radius 1 is 0.926 bits per heavy atom. The van der Waals surface area contributed by atoms with Crippen LogP contribution < -0.4 is 20.5 Å². The Hall–Kier alpha value is -2.86. The molecule has 0 unspecified atom stereocenters. The molecular formula is C21H23N3O2S. The van der Waals surface area contributed by atoms with E-state index in [2.05, 4.69) is 10.3 Å². The lowest BCUT2D eigenvalue weighted by Crippen LogP contribution is -2.18. The second-order valence-corrected chi connectivity index (χ2v) is 6.57. The zero-order valence-corrected chi connectivity index (χ0v) is 15.9. The molecule has 6 heteroatoms. The predicted molar refractivity (Wildman–Crippen MR) is 113 cm³/mol. The van der Waals surface area contributed by atoms with Crippen LogP contribution in [0.3, 0.4) is 0 Å². The van der Waals surface area contributed by atoms with Gasteiger partial charge < -0.3 is 20.5 Å². The molecule has 0 amide bonds. The lowest BCUT2D eigenvalue weighted by molar-refractivity contribution is 0.279. The number of nitrogens with zero attached hydrogens (tertiary/aromatic N) is 1. The maximum atomic E-state index is 5.83. The number of hydrogen-bond acceptors (Lipinski definition) is 4. The average Bonchev–Trinajstić information content (AvgIpc) is 2.67. The van der Waals surface area contributed by atoms with E-state index in [9.17, 15) is 0 Å². The Morgan fingerprint density at radius 3 is 2.48 bits per heavy atom. The fourth-order valence-electron chi connectivity index (χ4n) is 2.71. The number of hydrogen-bond donors (Lipinski definition) is 2. The lowest BCUT2D eigenvalue weighted by atomic mass is 10.2. The van der Waals surface area contributed by atoms with Crippen LogP contribution in [0.4, 0.5) is 5.69 Å². The summed E-state index contributed by atoms with van der Waals surface area (Å²) in [6.45, 7) is 1.36. The molecule has 0 aliphatic heterocycles. The number of unbranched alkanes of at least 4 members (excludes halogenated alkanes) is 2. The van der Waals surface area contributed by atoms with Crippen molar-refractivity contribution < 1.29 is 9.47 Å². The number of thiocarbonyl (C=S) groups is 1. The van der Waals surface area contributed by atoms with Crippen LogP contribution in [0.25, 0.3) is 10.9 Å². The highest BCUT2D eigenvalue weighted by atomic mass is 32.1. The van der Waals surface area contributed by atoms with Gasteiger partial charge in [-0.15, -0.1) is 0 Å². The summed E-state index contributed by atoms with van der Waals surface area (Å²) in [6, 6.07) is 17.6. The van der Waals surface area contributed by atoms with Gasteiger partial charge in [0, 0.05) is 23.3 Å². The molecule has 0 aliphatic carbocycles. The number of benzene rings is 2. The Balaban J connectivity index is 1.33. The van der Waals surface area contributed by atoms with Gasteiger partial charge in [0.15, 0.2) is 5.11 Å². The smallest absolute Gasteiger partial charge is 0.168 e. The van der Waals surface area contributed by atoms with Crippen molar-refractivity contribution in [3.8, 4) is 11.5 Å². The molecule has 5 nitrogen and oxygen atoms in total. The zero-order valence-electron chi connectivity index (χ0n) is 15.1. The van der Waals surface area contributed by atoms with Crippen LogP contribution in [0.1, 0.15) is 19.3 Å². The third kappa shape index (κ3) is 6.11. The molecule has 1 aromatic heterocycles.